The fourth-order valence-corrected chi connectivity index (χ4v) is 1.76. The van der Waals surface area contributed by atoms with E-state index >= 15 is 0 Å². The first kappa shape index (κ1) is 19.1. The van der Waals surface area contributed by atoms with Gasteiger partial charge in [-0.3, -0.25) is 0 Å². The average molecular weight is 316 g/mol. The van der Waals surface area contributed by atoms with Crippen molar-refractivity contribution in [1.82, 2.24) is 0 Å². The van der Waals surface area contributed by atoms with Gasteiger partial charge in [-0.15, -0.1) is 12.4 Å². The summed E-state index contributed by atoms with van der Waals surface area (Å²) in [5.41, 5.74) is 4.55. The molecular formula is C13H18ClF4NO. The highest BCUT2D eigenvalue weighted by molar-refractivity contribution is 5.85. The third-order valence-corrected chi connectivity index (χ3v) is 2.93. The third kappa shape index (κ3) is 4.33. The van der Waals surface area contributed by atoms with Crippen LogP contribution in [0.4, 0.5) is 17.6 Å². The van der Waals surface area contributed by atoms with E-state index in [2.05, 4.69) is 0 Å². The number of hydrogen-bond donors (Lipinski definition) is 2. The minimum atomic E-state index is -1.56. The Bertz CT molecular complexity index is 430. The van der Waals surface area contributed by atoms with Crippen molar-refractivity contribution in [1.29, 1.82) is 0 Å². The Morgan fingerprint density at radius 2 is 1.50 bits per heavy atom. The molecular weight excluding hydrogens is 298 g/mol. The molecule has 0 radical (unpaired) electrons. The Morgan fingerprint density at radius 1 is 1.05 bits per heavy atom. The lowest BCUT2D eigenvalue weighted by Gasteiger charge is -2.21. The maximum absolute atomic E-state index is 13.5. The second kappa shape index (κ2) is 7.81. The number of benzene rings is 1. The molecule has 0 bridgehead atoms. The van der Waals surface area contributed by atoms with Gasteiger partial charge in [0.1, 0.15) is 0 Å². The van der Waals surface area contributed by atoms with Crippen molar-refractivity contribution in [3.8, 4) is 0 Å². The first-order chi connectivity index (χ1) is 8.75. The molecule has 0 amide bonds. The quantitative estimate of drug-likeness (QED) is 0.645. The van der Waals surface area contributed by atoms with Gasteiger partial charge in [0.2, 0.25) is 0 Å². The van der Waals surface area contributed by atoms with Crippen molar-refractivity contribution in [3.63, 3.8) is 0 Å². The number of nitrogens with two attached hydrogens (primary N) is 1. The second-order valence-electron chi connectivity index (χ2n) is 4.95. The molecule has 20 heavy (non-hydrogen) atoms. The van der Waals surface area contributed by atoms with Crippen molar-refractivity contribution in [2.75, 3.05) is 0 Å². The maximum Gasteiger partial charge on any atom is 0.166 e. The molecule has 3 N–H and O–H groups in total. The van der Waals surface area contributed by atoms with Crippen LogP contribution in [-0.4, -0.2) is 11.2 Å². The maximum atomic E-state index is 13.5. The van der Waals surface area contributed by atoms with Gasteiger partial charge < -0.3 is 10.8 Å². The van der Waals surface area contributed by atoms with E-state index in [1.54, 1.807) is 0 Å². The molecule has 2 atom stereocenters. The number of aliphatic hydroxyl groups is 1. The molecule has 116 valence electrons. The normalized spacial score (nSPS) is 14.1. The summed E-state index contributed by atoms with van der Waals surface area (Å²) in [5.74, 6) is -5.91. The van der Waals surface area contributed by atoms with Crippen LogP contribution in [0.2, 0.25) is 0 Å². The Kier molecular flexibility index (Phi) is 7.47. The molecule has 0 aliphatic rings. The highest BCUT2D eigenvalue weighted by Crippen LogP contribution is 2.27. The highest BCUT2D eigenvalue weighted by atomic mass is 35.5. The average Bonchev–Trinajstić information content (AvgIpc) is 2.33. The molecule has 0 spiro atoms. The zero-order chi connectivity index (χ0) is 14.7. The minimum Gasteiger partial charge on any atom is -0.391 e. The van der Waals surface area contributed by atoms with Gasteiger partial charge in [0.05, 0.1) is 12.1 Å². The van der Waals surface area contributed by atoms with Gasteiger partial charge in [-0.1, -0.05) is 13.8 Å². The fourth-order valence-electron chi connectivity index (χ4n) is 1.76. The first-order valence-corrected chi connectivity index (χ1v) is 6.02. The summed E-state index contributed by atoms with van der Waals surface area (Å²) in [5, 5.41) is 9.75. The predicted molar refractivity (Wildman–Crippen MR) is 70.5 cm³/mol. The molecule has 0 fully saturated rings. The first-order valence-electron chi connectivity index (χ1n) is 6.02. The Morgan fingerprint density at radius 3 is 1.90 bits per heavy atom. The van der Waals surface area contributed by atoms with Crippen LogP contribution in [0.3, 0.4) is 0 Å². The summed E-state index contributed by atoms with van der Waals surface area (Å²) >= 11 is 0. The van der Waals surface area contributed by atoms with E-state index < -0.39 is 41.0 Å². The Labute approximate surface area is 121 Å². The molecule has 1 aromatic carbocycles. The molecule has 0 heterocycles. The lowest BCUT2D eigenvalue weighted by atomic mass is 9.95. The summed E-state index contributed by atoms with van der Waals surface area (Å²) in [4.78, 5) is 0. The fraction of sp³-hybridized carbons (Fsp3) is 0.538. The Balaban J connectivity index is 0.00000361. The smallest absolute Gasteiger partial charge is 0.166 e. The lowest BCUT2D eigenvalue weighted by Crippen LogP contribution is -2.29. The SMILES string of the molecule is CC(C)CC[C@@H](O)[C@@H](N)c1c(F)c(F)cc(F)c1F.Cl. The van der Waals surface area contributed by atoms with E-state index in [1.165, 1.54) is 0 Å². The summed E-state index contributed by atoms with van der Waals surface area (Å²) in [6.45, 7) is 3.81. The van der Waals surface area contributed by atoms with E-state index in [-0.39, 0.29) is 30.8 Å². The van der Waals surface area contributed by atoms with Crippen molar-refractivity contribution in [2.45, 2.75) is 38.8 Å². The van der Waals surface area contributed by atoms with Crippen LogP contribution in [0.5, 0.6) is 0 Å². The van der Waals surface area contributed by atoms with E-state index in [9.17, 15) is 22.7 Å². The van der Waals surface area contributed by atoms with Crippen molar-refractivity contribution in [3.05, 3.63) is 34.9 Å². The molecule has 0 aliphatic heterocycles. The van der Waals surface area contributed by atoms with Gasteiger partial charge in [0.25, 0.3) is 0 Å². The number of halogens is 5. The zero-order valence-electron chi connectivity index (χ0n) is 11.2. The van der Waals surface area contributed by atoms with Gasteiger partial charge in [0.15, 0.2) is 23.3 Å². The lowest BCUT2D eigenvalue weighted by molar-refractivity contribution is 0.124. The van der Waals surface area contributed by atoms with Crippen LogP contribution in [0.25, 0.3) is 0 Å². The van der Waals surface area contributed by atoms with Gasteiger partial charge >= 0.3 is 0 Å². The van der Waals surface area contributed by atoms with Crippen LogP contribution >= 0.6 is 12.4 Å². The van der Waals surface area contributed by atoms with E-state index in [0.29, 0.717) is 6.42 Å². The summed E-state index contributed by atoms with van der Waals surface area (Å²) in [7, 11) is 0. The predicted octanol–water partition coefficient (Wildman–Crippen LogP) is 3.46. The monoisotopic (exact) mass is 315 g/mol. The molecule has 0 aliphatic carbocycles. The summed E-state index contributed by atoms with van der Waals surface area (Å²) < 4.78 is 53.0. The largest absolute Gasteiger partial charge is 0.391 e. The number of hydrogen-bond acceptors (Lipinski definition) is 2. The van der Waals surface area contributed by atoms with Gasteiger partial charge in [-0.2, -0.15) is 0 Å². The van der Waals surface area contributed by atoms with Crippen molar-refractivity contribution < 1.29 is 22.7 Å². The van der Waals surface area contributed by atoms with Crippen LogP contribution in [0.1, 0.15) is 38.3 Å². The molecule has 0 unspecified atom stereocenters. The van der Waals surface area contributed by atoms with Gasteiger partial charge in [-0.05, 0) is 18.8 Å². The van der Waals surface area contributed by atoms with Gasteiger partial charge in [-0.25, -0.2) is 17.6 Å². The topological polar surface area (TPSA) is 46.2 Å². The molecule has 1 rings (SSSR count). The summed E-state index contributed by atoms with van der Waals surface area (Å²) in [6.07, 6.45) is -0.501. The number of rotatable bonds is 5. The van der Waals surface area contributed by atoms with E-state index in [1.807, 2.05) is 13.8 Å². The molecule has 0 saturated heterocycles. The molecule has 0 saturated carbocycles. The van der Waals surface area contributed by atoms with Crippen LogP contribution in [0.15, 0.2) is 6.07 Å². The van der Waals surface area contributed by atoms with Crippen molar-refractivity contribution in [2.24, 2.45) is 11.7 Å². The van der Waals surface area contributed by atoms with Crippen molar-refractivity contribution >= 4 is 12.4 Å². The zero-order valence-corrected chi connectivity index (χ0v) is 12.0. The Hall–Kier alpha value is -0.850. The molecule has 0 aromatic heterocycles. The van der Waals surface area contributed by atoms with Gasteiger partial charge in [0, 0.05) is 11.6 Å². The second-order valence-corrected chi connectivity index (χ2v) is 4.95. The molecule has 1 aromatic rings. The van der Waals surface area contributed by atoms with Crippen LogP contribution in [0, 0.1) is 29.2 Å². The highest BCUT2D eigenvalue weighted by Gasteiger charge is 2.28. The minimum absolute atomic E-state index is 0. The van der Waals surface area contributed by atoms with E-state index in [4.69, 9.17) is 5.73 Å². The van der Waals surface area contributed by atoms with Crippen LogP contribution in [-0.2, 0) is 0 Å². The molecule has 2 nitrogen and oxygen atoms in total. The number of aliphatic hydroxyl groups excluding tert-OH is 1. The standard InChI is InChI=1S/C13H17F4NO.ClH/c1-6(2)3-4-9(19)13(18)10-11(16)7(14)5-8(15)12(10)17;/h5-6,9,13,19H,3-4,18H2,1-2H3;1H/t9-,13-;/m1./s1. The van der Waals surface area contributed by atoms with Crippen LogP contribution < -0.4 is 5.73 Å². The summed E-state index contributed by atoms with van der Waals surface area (Å²) in [6, 6.07) is -1.40. The third-order valence-electron chi connectivity index (χ3n) is 2.93. The molecule has 7 heteroatoms. The van der Waals surface area contributed by atoms with E-state index in [0.717, 1.165) is 0 Å².